The number of carbonyl (C=O) groups excluding carboxylic acids is 1. The van der Waals surface area contributed by atoms with Gasteiger partial charge in [0.2, 0.25) is 5.91 Å². The fraction of sp³-hybridized carbons (Fsp3) is 0.944. The lowest BCUT2D eigenvalue weighted by molar-refractivity contribution is -0.124. The van der Waals surface area contributed by atoms with Crippen LogP contribution in [0.5, 0.6) is 0 Å². The monoisotopic (exact) mass is 307 g/mol. The Kier molecular flexibility index (Phi) is 4.79. The maximum absolute atomic E-state index is 12.5. The SMILES string of the molecule is CC1CC(C)CN(CC(C)NC(=O)C2CC23CCNCC3)C1. The molecule has 3 rings (SSSR count). The molecule has 0 radical (unpaired) electrons. The number of hydrogen-bond acceptors (Lipinski definition) is 3. The molecule has 2 aliphatic heterocycles. The van der Waals surface area contributed by atoms with Gasteiger partial charge in [-0.1, -0.05) is 13.8 Å². The van der Waals surface area contributed by atoms with Gasteiger partial charge in [-0.2, -0.15) is 0 Å². The normalized spacial score (nSPS) is 36.0. The molecule has 4 heteroatoms. The van der Waals surface area contributed by atoms with Crippen molar-refractivity contribution < 1.29 is 4.79 Å². The molecule has 4 unspecified atom stereocenters. The van der Waals surface area contributed by atoms with E-state index in [1.54, 1.807) is 0 Å². The van der Waals surface area contributed by atoms with Crippen LogP contribution in [-0.2, 0) is 4.79 Å². The highest BCUT2D eigenvalue weighted by molar-refractivity contribution is 5.82. The smallest absolute Gasteiger partial charge is 0.223 e. The van der Waals surface area contributed by atoms with Crippen LogP contribution in [0.3, 0.4) is 0 Å². The molecule has 126 valence electrons. The van der Waals surface area contributed by atoms with Crippen molar-refractivity contribution in [2.45, 2.75) is 52.5 Å². The van der Waals surface area contributed by atoms with Crippen molar-refractivity contribution >= 4 is 5.91 Å². The van der Waals surface area contributed by atoms with E-state index in [2.05, 4.69) is 36.3 Å². The Morgan fingerprint density at radius 2 is 1.91 bits per heavy atom. The second-order valence-electron chi connectivity index (χ2n) is 8.44. The quantitative estimate of drug-likeness (QED) is 0.833. The minimum absolute atomic E-state index is 0.268. The van der Waals surface area contributed by atoms with Gasteiger partial charge in [0, 0.05) is 31.6 Å². The van der Waals surface area contributed by atoms with E-state index < -0.39 is 0 Å². The average Bonchev–Trinajstić information content (AvgIpc) is 3.11. The first-order chi connectivity index (χ1) is 10.5. The van der Waals surface area contributed by atoms with Gasteiger partial charge in [-0.05, 0) is 62.9 Å². The molecule has 0 aromatic carbocycles. The van der Waals surface area contributed by atoms with Crippen LogP contribution in [0.15, 0.2) is 0 Å². The van der Waals surface area contributed by atoms with Crippen LogP contribution in [0.2, 0.25) is 0 Å². The Balaban J connectivity index is 1.44. The van der Waals surface area contributed by atoms with Crippen LogP contribution in [0.4, 0.5) is 0 Å². The molecule has 4 atom stereocenters. The Morgan fingerprint density at radius 1 is 1.27 bits per heavy atom. The number of rotatable bonds is 4. The molecule has 3 aliphatic rings. The summed E-state index contributed by atoms with van der Waals surface area (Å²) in [6.45, 7) is 12.4. The molecule has 1 aliphatic carbocycles. The highest BCUT2D eigenvalue weighted by Gasteiger charge is 2.57. The molecule has 2 N–H and O–H groups in total. The van der Waals surface area contributed by atoms with Gasteiger partial charge in [0.25, 0.3) is 0 Å². The molecule has 0 aromatic rings. The Bertz CT molecular complexity index is 395. The number of piperidine rings is 2. The minimum Gasteiger partial charge on any atom is -0.352 e. The van der Waals surface area contributed by atoms with Crippen LogP contribution in [0, 0.1) is 23.2 Å². The van der Waals surface area contributed by atoms with E-state index in [4.69, 9.17) is 0 Å². The topological polar surface area (TPSA) is 44.4 Å². The summed E-state index contributed by atoms with van der Waals surface area (Å²) in [6, 6.07) is 0.268. The lowest BCUT2D eigenvalue weighted by Gasteiger charge is -2.36. The third kappa shape index (κ3) is 3.65. The van der Waals surface area contributed by atoms with Gasteiger partial charge in [-0.15, -0.1) is 0 Å². The van der Waals surface area contributed by atoms with Crippen molar-refractivity contribution in [2.24, 2.45) is 23.2 Å². The van der Waals surface area contributed by atoms with Crippen molar-refractivity contribution in [3.05, 3.63) is 0 Å². The summed E-state index contributed by atoms with van der Waals surface area (Å²) in [5, 5.41) is 6.69. The number of nitrogens with one attached hydrogen (secondary N) is 2. The van der Waals surface area contributed by atoms with E-state index >= 15 is 0 Å². The second-order valence-corrected chi connectivity index (χ2v) is 8.44. The summed E-state index contributed by atoms with van der Waals surface area (Å²) in [5.41, 5.74) is 0.350. The molecule has 0 aromatic heterocycles. The second kappa shape index (κ2) is 6.48. The number of carbonyl (C=O) groups is 1. The first-order valence-electron chi connectivity index (χ1n) is 9.22. The zero-order valence-corrected chi connectivity index (χ0v) is 14.5. The van der Waals surface area contributed by atoms with Crippen molar-refractivity contribution in [3.63, 3.8) is 0 Å². The molecule has 1 amide bonds. The molecule has 3 fully saturated rings. The van der Waals surface area contributed by atoms with Gasteiger partial charge in [0.1, 0.15) is 0 Å². The van der Waals surface area contributed by atoms with Crippen molar-refractivity contribution in [2.75, 3.05) is 32.7 Å². The van der Waals surface area contributed by atoms with Crippen LogP contribution in [-0.4, -0.2) is 49.6 Å². The first-order valence-corrected chi connectivity index (χ1v) is 9.22. The van der Waals surface area contributed by atoms with Gasteiger partial charge in [0.15, 0.2) is 0 Å². The lowest BCUT2D eigenvalue weighted by atomic mass is 9.91. The molecule has 2 heterocycles. The van der Waals surface area contributed by atoms with Crippen LogP contribution >= 0.6 is 0 Å². The average molecular weight is 307 g/mol. The number of likely N-dealkylation sites (tertiary alicyclic amines) is 1. The van der Waals surface area contributed by atoms with E-state index in [9.17, 15) is 4.79 Å². The number of hydrogen-bond donors (Lipinski definition) is 2. The molecule has 0 bridgehead atoms. The molecule has 22 heavy (non-hydrogen) atoms. The highest BCUT2D eigenvalue weighted by atomic mass is 16.2. The maximum Gasteiger partial charge on any atom is 0.223 e. The van der Waals surface area contributed by atoms with Crippen LogP contribution in [0.25, 0.3) is 0 Å². The molecule has 2 saturated heterocycles. The fourth-order valence-electron chi connectivity index (χ4n) is 4.91. The van der Waals surface area contributed by atoms with E-state index in [0.29, 0.717) is 11.3 Å². The molecule has 1 spiro atoms. The number of nitrogens with zero attached hydrogens (tertiary/aromatic N) is 1. The molecular formula is C18H33N3O. The summed E-state index contributed by atoms with van der Waals surface area (Å²) in [5.74, 6) is 2.17. The van der Waals surface area contributed by atoms with Crippen LogP contribution < -0.4 is 10.6 Å². The molecular weight excluding hydrogens is 274 g/mol. The Morgan fingerprint density at radius 3 is 2.55 bits per heavy atom. The van der Waals surface area contributed by atoms with Gasteiger partial charge in [-0.25, -0.2) is 0 Å². The predicted octanol–water partition coefficient (Wildman–Crippen LogP) is 1.86. The van der Waals surface area contributed by atoms with E-state index in [1.165, 1.54) is 32.4 Å². The first kappa shape index (κ1) is 16.3. The van der Waals surface area contributed by atoms with Crippen molar-refractivity contribution in [1.82, 2.24) is 15.5 Å². The van der Waals surface area contributed by atoms with E-state index in [-0.39, 0.29) is 12.0 Å². The van der Waals surface area contributed by atoms with Crippen LogP contribution in [0.1, 0.15) is 46.5 Å². The summed E-state index contributed by atoms with van der Waals surface area (Å²) in [7, 11) is 0. The highest BCUT2D eigenvalue weighted by Crippen LogP contribution is 2.58. The predicted molar refractivity (Wildman–Crippen MR) is 89.6 cm³/mol. The number of amides is 1. The third-order valence-corrected chi connectivity index (χ3v) is 5.97. The van der Waals surface area contributed by atoms with Gasteiger partial charge in [-0.3, -0.25) is 4.79 Å². The summed E-state index contributed by atoms with van der Waals surface area (Å²) in [6.07, 6.45) is 4.82. The van der Waals surface area contributed by atoms with Gasteiger partial charge in [0.05, 0.1) is 0 Å². The zero-order chi connectivity index (χ0) is 15.7. The molecule has 1 saturated carbocycles. The maximum atomic E-state index is 12.5. The molecule has 4 nitrogen and oxygen atoms in total. The zero-order valence-electron chi connectivity index (χ0n) is 14.5. The van der Waals surface area contributed by atoms with Crippen molar-refractivity contribution in [1.29, 1.82) is 0 Å². The standard InChI is InChI=1S/C18H33N3O/c1-13-8-14(2)11-21(10-13)12-15(3)20-17(22)16-9-18(16)4-6-19-7-5-18/h13-16,19H,4-12H2,1-3H3,(H,20,22). The van der Waals surface area contributed by atoms with Crippen molar-refractivity contribution in [3.8, 4) is 0 Å². The largest absolute Gasteiger partial charge is 0.352 e. The minimum atomic E-state index is 0.268. The van der Waals surface area contributed by atoms with E-state index in [1.807, 2.05) is 0 Å². The van der Waals surface area contributed by atoms with Gasteiger partial charge < -0.3 is 15.5 Å². The lowest BCUT2D eigenvalue weighted by Crippen LogP contribution is -2.47. The summed E-state index contributed by atoms with van der Waals surface area (Å²) < 4.78 is 0. The Hall–Kier alpha value is -0.610. The summed E-state index contributed by atoms with van der Waals surface area (Å²) in [4.78, 5) is 15.0. The van der Waals surface area contributed by atoms with E-state index in [0.717, 1.165) is 37.9 Å². The van der Waals surface area contributed by atoms with Gasteiger partial charge >= 0.3 is 0 Å². The third-order valence-electron chi connectivity index (χ3n) is 5.97. The Labute approximate surface area is 135 Å². The summed E-state index contributed by atoms with van der Waals surface area (Å²) >= 11 is 0. The fourth-order valence-corrected chi connectivity index (χ4v) is 4.91.